The summed E-state index contributed by atoms with van der Waals surface area (Å²) in [6.45, 7) is 4.02. The molecule has 0 saturated carbocycles. The van der Waals surface area contributed by atoms with E-state index in [0.29, 0.717) is 33.3 Å². The van der Waals surface area contributed by atoms with E-state index in [1.165, 1.54) is 6.07 Å². The summed E-state index contributed by atoms with van der Waals surface area (Å²) in [6, 6.07) is 15.3. The molecule has 140 valence electrons. The molecule has 4 rings (SSSR count). The first-order valence-electron chi connectivity index (χ1n) is 8.69. The molecular formula is C22H17ClN2O3. The maximum atomic E-state index is 12.3. The van der Waals surface area contributed by atoms with Crippen molar-refractivity contribution in [3.8, 4) is 17.2 Å². The average molecular weight is 393 g/mol. The number of oxazole rings is 1. The number of aromatic hydroxyl groups is 1. The summed E-state index contributed by atoms with van der Waals surface area (Å²) in [7, 11) is 0. The second-order valence-corrected chi connectivity index (χ2v) is 7.05. The standard InChI is InChI=1S/C22H17ClN2O3/c1-12-9-18-20(10-13(12)2)28-22(25-18)17-8-7-16(11-19(17)26)24-21(27)14-3-5-15(23)6-4-14/h3-11,26H,1-2H3,(H,24,27). The molecule has 1 heterocycles. The van der Waals surface area contributed by atoms with E-state index < -0.39 is 0 Å². The molecule has 0 saturated heterocycles. The minimum absolute atomic E-state index is 0.0334. The van der Waals surface area contributed by atoms with Crippen LogP contribution in [-0.2, 0) is 0 Å². The van der Waals surface area contributed by atoms with Crippen molar-refractivity contribution in [3.63, 3.8) is 0 Å². The Morgan fingerprint density at radius 2 is 1.75 bits per heavy atom. The molecule has 3 aromatic carbocycles. The van der Waals surface area contributed by atoms with Crippen molar-refractivity contribution in [1.29, 1.82) is 0 Å². The number of amides is 1. The zero-order valence-corrected chi connectivity index (χ0v) is 16.0. The third-order valence-electron chi connectivity index (χ3n) is 4.60. The molecular weight excluding hydrogens is 376 g/mol. The van der Waals surface area contributed by atoms with Crippen molar-refractivity contribution >= 4 is 34.3 Å². The maximum Gasteiger partial charge on any atom is 0.255 e. The molecule has 0 radical (unpaired) electrons. The predicted octanol–water partition coefficient (Wildman–Crippen LogP) is 5.72. The molecule has 1 aromatic heterocycles. The van der Waals surface area contributed by atoms with Gasteiger partial charge in [-0.15, -0.1) is 0 Å². The summed E-state index contributed by atoms with van der Waals surface area (Å²) in [5, 5.41) is 13.7. The summed E-state index contributed by atoms with van der Waals surface area (Å²) >= 11 is 5.84. The Morgan fingerprint density at radius 3 is 2.46 bits per heavy atom. The SMILES string of the molecule is Cc1cc2nc(-c3ccc(NC(=O)c4ccc(Cl)cc4)cc3O)oc2cc1C. The monoisotopic (exact) mass is 392 g/mol. The van der Waals surface area contributed by atoms with Gasteiger partial charge in [0.25, 0.3) is 5.91 Å². The van der Waals surface area contributed by atoms with E-state index in [0.717, 1.165) is 16.6 Å². The first-order chi connectivity index (χ1) is 13.4. The molecule has 5 nitrogen and oxygen atoms in total. The third kappa shape index (κ3) is 3.44. The van der Waals surface area contributed by atoms with E-state index in [9.17, 15) is 9.90 Å². The van der Waals surface area contributed by atoms with Gasteiger partial charge in [-0.1, -0.05) is 11.6 Å². The van der Waals surface area contributed by atoms with E-state index in [1.807, 2.05) is 26.0 Å². The van der Waals surface area contributed by atoms with Crippen molar-refractivity contribution < 1.29 is 14.3 Å². The first kappa shape index (κ1) is 18.1. The van der Waals surface area contributed by atoms with E-state index in [-0.39, 0.29) is 11.7 Å². The summed E-state index contributed by atoms with van der Waals surface area (Å²) in [5.41, 5.74) is 5.02. The number of anilines is 1. The number of rotatable bonds is 3. The zero-order valence-electron chi connectivity index (χ0n) is 15.3. The summed E-state index contributed by atoms with van der Waals surface area (Å²) < 4.78 is 5.80. The molecule has 0 bridgehead atoms. The Balaban J connectivity index is 1.61. The Morgan fingerprint density at radius 1 is 1.04 bits per heavy atom. The Kier molecular flexibility index (Phi) is 4.53. The van der Waals surface area contributed by atoms with Crippen molar-refractivity contribution in [2.75, 3.05) is 5.32 Å². The fraction of sp³-hybridized carbons (Fsp3) is 0.0909. The molecule has 0 atom stereocenters. The lowest BCUT2D eigenvalue weighted by Gasteiger charge is -2.07. The van der Waals surface area contributed by atoms with Crippen molar-refractivity contribution in [3.05, 3.63) is 76.3 Å². The van der Waals surface area contributed by atoms with Crippen molar-refractivity contribution in [1.82, 2.24) is 4.98 Å². The van der Waals surface area contributed by atoms with Gasteiger partial charge in [-0.3, -0.25) is 4.79 Å². The quantitative estimate of drug-likeness (QED) is 0.467. The lowest BCUT2D eigenvalue weighted by atomic mass is 10.1. The minimum atomic E-state index is -0.295. The third-order valence-corrected chi connectivity index (χ3v) is 4.85. The van der Waals surface area contributed by atoms with Gasteiger partial charge in [0.15, 0.2) is 5.58 Å². The number of hydrogen-bond donors (Lipinski definition) is 2. The Labute approximate surface area is 166 Å². The lowest BCUT2D eigenvalue weighted by Crippen LogP contribution is -2.11. The van der Waals surface area contributed by atoms with Gasteiger partial charge < -0.3 is 14.8 Å². The van der Waals surface area contributed by atoms with Crippen LogP contribution in [0.3, 0.4) is 0 Å². The molecule has 0 aliphatic heterocycles. The summed E-state index contributed by atoms with van der Waals surface area (Å²) in [4.78, 5) is 16.8. The van der Waals surface area contributed by atoms with Crippen LogP contribution >= 0.6 is 11.6 Å². The smallest absolute Gasteiger partial charge is 0.255 e. The Hall–Kier alpha value is -3.31. The van der Waals surface area contributed by atoms with Gasteiger partial charge in [-0.25, -0.2) is 4.98 Å². The number of nitrogens with zero attached hydrogens (tertiary/aromatic N) is 1. The largest absolute Gasteiger partial charge is 0.507 e. The molecule has 1 amide bonds. The molecule has 2 N–H and O–H groups in total. The molecule has 0 spiro atoms. The molecule has 4 aromatic rings. The van der Waals surface area contributed by atoms with Crippen LogP contribution in [0.15, 0.2) is 59.0 Å². The number of aryl methyl sites for hydroxylation is 2. The van der Waals surface area contributed by atoms with Gasteiger partial charge >= 0.3 is 0 Å². The number of nitrogens with one attached hydrogen (secondary N) is 1. The van der Waals surface area contributed by atoms with Gasteiger partial charge in [0, 0.05) is 22.3 Å². The van der Waals surface area contributed by atoms with Gasteiger partial charge in [0.05, 0.1) is 5.56 Å². The number of hydrogen-bond acceptors (Lipinski definition) is 4. The number of carbonyl (C=O) groups excluding carboxylic acids is 1. The molecule has 6 heteroatoms. The van der Waals surface area contributed by atoms with E-state index in [2.05, 4.69) is 10.3 Å². The van der Waals surface area contributed by atoms with Gasteiger partial charge in [-0.05, 0) is 73.5 Å². The number of carbonyl (C=O) groups is 1. The van der Waals surface area contributed by atoms with Crippen LogP contribution < -0.4 is 5.32 Å². The number of phenolic OH excluding ortho intramolecular Hbond substituents is 1. The Bertz CT molecular complexity index is 1160. The van der Waals surface area contributed by atoms with Crippen LogP contribution in [0.2, 0.25) is 5.02 Å². The van der Waals surface area contributed by atoms with Gasteiger partial charge in [-0.2, -0.15) is 0 Å². The highest BCUT2D eigenvalue weighted by Crippen LogP contribution is 2.33. The molecule has 0 aliphatic rings. The maximum absolute atomic E-state index is 12.3. The number of phenols is 1. The summed E-state index contributed by atoms with van der Waals surface area (Å²) in [5.74, 6) is -0.00128. The molecule has 0 fully saturated rings. The second-order valence-electron chi connectivity index (χ2n) is 6.62. The van der Waals surface area contributed by atoms with Crippen LogP contribution in [0.5, 0.6) is 5.75 Å². The van der Waals surface area contributed by atoms with Gasteiger partial charge in [0.1, 0.15) is 11.3 Å². The zero-order chi connectivity index (χ0) is 19.8. The normalized spacial score (nSPS) is 11.0. The number of benzene rings is 3. The van der Waals surface area contributed by atoms with E-state index in [1.54, 1.807) is 36.4 Å². The molecule has 28 heavy (non-hydrogen) atoms. The highest BCUT2D eigenvalue weighted by molar-refractivity contribution is 6.30. The lowest BCUT2D eigenvalue weighted by molar-refractivity contribution is 0.102. The second kappa shape index (κ2) is 7.02. The fourth-order valence-corrected chi connectivity index (χ4v) is 3.02. The minimum Gasteiger partial charge on any atom is -0.507 e. The van der Waals surface area contributed by atoms with E-state index in [4.69, 9.17) is 16.0 Å². The van der Waals surface area contributed by atoms with Crippen molar-refractivity contribution in [2.45, 2.75) is 13.8 Å². The van der Waals surface area contributed by atoms with Crippen LogP contribution in [0.1, 0.15) is 21.5 Å². The average Bonchev–Trinajstić information content (AvgIpc) is 3.05. The van der Waals surface area contributed by atoms with Crippen LogP contribution in [0.4, 0.5) is 5.69 Å². The highest BCUT2D eigenvalue weighted by Gasteiger charge is 2.15. The van der Waals surface area contributed by atoms with Crippen molar-refractivity contribution in [2.24, 2.45) is 0 Å². The number of fused-ring (bicyclic) bond motifs is 1. The molecule has 0 unspecified atom stereocenters. The van der Waals surface area contributed by atoms with Gasteiger partial charge in [0.2, 0.25) is 5.89 Å². The van der Waals surface area contributed by atoms with Crippen LogP contribution in [0, 0.1) is 13.8 Å². The number of halogens is 1. The molecule has 0 aliphatic carbocycles. The first-order valence-corrected chi connectivity index (χ1v) is 9.06. The predicted molar refractivity (Wildman–Crippen MR) is 110 cm³/mol. The highest BCUT2D eigenvalue weighted by atomic mass is 35.5. The topological polar surface area (TPSA) is 75.4 Å². The van der Waals surface area contributed by atoms with E-state index >= 15 is 0 Å². The van der Waals surface area contributed by atoms with Crippen LogP contribution in [-0.4, -0.2) is 16.0 Å². The summed E-state index contributed by atoms with van der Waals surface area (Å²) in [6.07, 6.45) is 0. The van der Waals surface area contributed by atoms with Crippen LogP contribution in [0.25, 0.3) is 22.6 Å². The fourth-order valence-electron chi connectivity index (χ4n) is 2.89. The number of aromatic nitrogens is 1.